The van der Waals surface area contributed by atoms with Gasteiger partial charge in [-0.3, -0.25) is 9.59 Å². The first-order chi connectivity index (χ1) is 8.29. The lowest BCUT2D eigenvalue weighted by molar-refractivity contribution is -0.154. The maximum absolute atomic E-state index is 13.0. The van der Waals surface area contributed by atoms with E-state index >= 15 is 0 Å². The summed E-state index contributed by atoms with van der Waals surface area (Å²) in [7, 11) is 1.30. The summed E-state index contributed by atoms with van der Waals surface area (Å²) >= 11 is 0. The Balaban J connectivity index is 3.11. The minimum atomic E-state index is -1.77. The number of nitrogens with one attached hydrogen (secondary N) is 1. The third-order valence-electron chi connectivity index (χ3n) is 2.68. The molecular formula is C12H13F2NO3. The first-order valence-electron chi connectivity index (χ1n) is 5.20. The summed E-state index contributed by atoms with van der Waals surface area (Å²) in [6.45, 7) is 1.21. The van der Waals surface area contributed by atoms with Gasteiger partial charge in [-0.05, 0) is 31.0 Å². The van der Waals surface area contributed by atoms with Gasteiger partial charge in [0.25, 0.3) is 0 Å². The number of aliphatic carboxylic acids is 1. The zero-order valence-electron chi connectivity index (χ0n) is 9.96. The maximum Gasteiger partial charge on any atom is 0.319 e. The highest BCUT2D eigenvalue weighted by atomic mass is 19.1. The molecule has 0 aliphatic heterocycles. The van der Waals surface area contributed by atoms with E-state index in [0.29, 0.717) is 6.07 Å². The molecule has 4 nitrogen and oxygen atoms in total. The lowest BCUT2D eigenvalue weighted by Crippen LogP contribution is -2.44. The van der Waals surface area contributed by atoms with Crippen molar-refractivity contribution in [1.29, 1.82) is 0 Å². The van der Waals surface area contributed by atoms with E-state index in [1.54, 1.807) is 0 Å². The fraction of sp³-hybridized carbons (Fsp3) is 0.333. The number of amides is 1. The van der Waals surface area contributed by atoms with E-state index in [2.05, 4.69) is 5.32 Å². The van der Waals surface area contributed by atoms with Crippen LogP contribution in [0.25, 0.3) is 0 Å². The van der Waals surface area contributed by atoms with Gasteiger partial charge in [0.15, 0.2) is 0 Å². The van der Waals surface area contributed by atoms with Crippen molar-refractivity contribution < 1.29 is 23.5 Å². The number of carboxylic acid groups (broad SMARTS) is 1. The average molecular weight is 257 g/mol. The van der Waals surface area contributed by atoms with E-state index < -0.39 is 28.9 Å². The van der Waals surface area contributed by atoms with Gasteiger partial charge in [0.2, 0.25) is 5.91 Å². The Kier molecular flexibility index (Phi) is 4.00. The highest BCUT2D eigenvalue weighted by Gasteiger charge is 2.40. The predicted octanol–water partition coefficient (Wildman–Crippen LogP) is 1.34. The number of carbonyl (C=O) groups excluding carboxylic acids is 1. The van der Waals surface area contributed by atoms with Crippen LogP contribution in [0.2, 0.25) is 0 Å². The fourth-order valence-corrected chi connectivity index (χ4v) is 1.65. The Hall–Kier alpha value is -1.98. The van der Waals surface area contributed by atoms with Crippen molar-refractivity contribution in [3.63, 3.8) is 0 Å². The van der Waals surface area contributed by atoms with Crippen LogP contribution in [0.3, 0.4) is 0 Å². The van der Waals surface area contributed by atoms with Gasteiger partial charge in [-0.25, -0.2) is 8.78 Å². The molecular weight excluding hydrogens is 244 g/mol. The molecule has 0 radical (unpaired) electrons. The third-order valence-corrected chi connectivity index (χ3v) is 2.68. The van der Waals surface area contributed by atoms with Crippen molar-refractivity contribution in [2.24, 2.45) is 5.41 Å². The molecule has 0 spiro atoms. The van der Waals surface area contributed by atoms with Crippen molar-refractivity contribution in [2.75, 3.05) is 7.05 Å². The minimum absolute atomic E-state index is 0.112. The van der Waals surface area contributed by atoms with Crippen LogP contribution < -0.4 is 5.32 Å². The van der Waals surface area contributed by atoms with Gasteiger partial charge in [0, 0.05) is 13.1 Å². The van der Waals surface area contributed by atoms with Gasteiger partial charge < -0.3 is 10.4 Å². The van der Waals surface area contributed by atoms with Crippen LogP contribution in [0.15, 0.2) is 18.2 Å². The topological polar surface area (TPSA) is 66.4 Å². The molecule has 1 aromatic rings. The van der Waals surface area contributed by atoms with Gasteiger partial charge in [0.1, 0.15) is 17.0 Å². The van der Waals surface area contributed by atoms with E-state index in [4.69, 9.17) is 5.11 Å². The largest absolute Gasteiger partial charge is 0.480 e. The van der Waals surface area contributed by atoms with Crippen molar-refractivity contribution in [3.8, 4) is 0 Å². The maximum atomic E-state index is 13.0. The van der Waals surface area contributed by atoms with Crippen LogP contribution in [0.5, 0.6) is 0 Å². The normalized spacial score (nSPS) is 13.8. The summed E-state index contributed by atoms with van der Waals surface area (Å²) in [4.78, 5) is 22.7. The quantitative estimate of drug-likeness (QED) is 0.800. The fourth-order valence-electron chi connectivity index (χ4n) is 1.65. The van der Waals surface area contributed by atoms with Gasteiger partial charge in [0.05, 0.1) is 0 Å². The molecule has 18 heavy (non-hydrogen) atoms. The second-order valence-corrected chi connectivity index (χ2v) is 4.17. The summed E-state index contributed by atoms with van der Waals surface area (Å²) < 4.78 is 26.0. The zero-order valence-corrected chi connectivity index (χ0v) is 9.96. The molecule has 0 aromatic heterocycles. The second-order valence-electron chi connectivity index (χ2n) is 4.17. The van der Waals surface area contributed by atoms with E-state index in [1.165, 1.54) is 14.0 Å². The SMILES string of the molecule is CNC(=O)C(C)(Cc1cc(F)cc(F)c1)C(=O)O. The minimum Gasteiger partial charge on any atom is -0.480 e. The van der Waals surface area contributed by atoms with Crippen LogP contribution in [-0.4, -0.2) is 24.0 Å². The molecule has 0 saturated carbocycles. The standard InChI is InChI=1S/C12H13F2NO3/c1-12(11(17)18,10(16)15-2)6-7-3-8(13)5-9(14)4-7/h3-5H,6H2,1-2H3,(H,15,16)(H,17,18). The summed E-state index contributed by atoms with van der Waals surface area (Å²) in [5.74, 6) is -3.70. The monoisotopic (exact) mass is 257 g/mol. The predicted molar refractivity (Wildman–Crippen MR) is 59.9 cm³/mol. The third kappa shape index (κ3) is 2.82. The number of carbonyl (C=O) groups is 2. The molecule has 0 aliphatic carbocycles. The Bertz CT molecular complexity index is 470. The van der Waals surface area contributed by atoms with Crippen LogP contribution in [0.4, 0.5) is 8.78 Å². The summed E-state index contributed by atoms with van der Waals surface area (Å²) in [6.07, 6.45) is -0.295. The van der Waals surface area contributed by atoms with Crippen molar-refractivity contribution in [3.05, 3.63) is 35.4 Å². The summed E-state index contributed by atoms with van der Waals surface area (Å²) in [5.41, 5.74) is -1.66. The average Bonchev–Trinajstić information content (AvgIpc) is 2.25. The molecule has 1 aromatic carbocycles. The molecule has 2 N–H and O–H groups in total. The Morgan fingerprint density at radius 3 is 2.17 bits per heavy atom. The summed E-state index contributed by atoms with van der Waals surface area (Å²) in [5, 5.41) is 11.3. The molecule has 0 aliphatic rings. The number of hydrogen-bond donors (Lipinski definition) is 2. The van der Waals surface area contributed by atoms with Crippen LogP contribution >= 0.6 is 0 Å². The van der Waals surface area contributed by atoms with Gasteiger partial charge >= 0.3 is 5.97 Å². The summed E-state index contributed by atoms with van der Waals surface area (Å²) in [6, 6.07) is 2.70. The highest BCUT2D eigenvalue weighted by molar-refractivity contribution is 6.01. The molecule has 0 fully saturated rings. The van der Waals surface area contributed by atoms with Crippen molar-refractivity contribution in [1.82, 2.24) is 5.32 Å². The van der Waals surface area contributed by atoms with Gasteiger partial charge in [-0.1, -0.05) is 0 Å². The second kappa shape index (κ2) is 5.12. The Morgan fingerprint density at radius 2 is 1.78 bits per heavy atom. The zero-order chi connectivity index (χ0) is 13.9. The molecule has 1 amide bonds. The lowest BCUT2D eigenvalue weighted by Gasteiger charge is -2.22. The number of benzene rings is 1. The molecule has 0 bridgehead atoms. The number of carboxylic acids is 1. The van der Waals surface area contributed by atoms with E-state index in [9.17, 15) is 18.4 Å². The van der Waals surface area contributed by atoms with E-state index in [0.717, 1.165) is 12.1 Å². The van der Waals surface area contributed by atoms with Crippen molar-refractivity contribution in [2.45, 2.75) is 13.3 Å². The smallest absolute Gasteiger partial charge is 0.319 e. The van der Waals surface area contributed by atoms with Crippen LogP contribution in [0, 0.1) is 17.0 Å². The number of halogens is 2. The molecule has 6 heteroatoms. The molecule has 1 atom stereocenters. The first-order valence-corrected chi connectivity index (χ1v) is 5.20. The van der Waals surface area contributed by atoms with E-state index in [-0.39, 0.29) is 12.0 Å². The lowest BCUT2D eigenvalue weighted by atomic mass is 9.82. The first kappa shape index (κ1) is 14.1. The molecule has 1 unspecified atom stereocenters. The Labute approximate surface area is 103 Å². The van der Waals surface area contributed by atoms with Gasteiger partial charge in [-0.15, -0.1) is 0 Å². The molecule has 1 rings (SSSR count). The molecule has 98 valence electrons. The van der Waals surface area contributed by atoms with Crippen LogP contribution in [-0.2, 0) is 16.0 Å². The van der Waals surface area contributed by atoms with E-state index in [1.807, 2.05) is 0 Å². The number of hydrogen-bond acceptors (Lipinski definition) is 2. The highest BCUT2D eigenvalue weighted by Crippen LogP contribution is 2.24. The van der Waals surface area contributed by atoms with Gasteiger partial charge in [-0.2, -0.15) is 0 Å². The molecule has 0 heterocycles. The molecule has 0 saturated heterocycles. The Morgan fingerprint density at radius 1 is 1.28 bits per heavy atom. The number of rotatable bonds is 4. The van der Waals surface area contributed by atoms with Crippen molar-refractivity contribution >= 4 is 11.9 Å². The van der Waals surface area contributed by atoms with Crippen LogP contribution in [0.1, 0.15) is 12.5 Å².